The van der Waals surface area contributed by atoms with Gasteiger partial charge in [-0.2, -0.15) is 13.2 Å². The average Bonchev–Trinajstić information content (AvgIpc) is 1.95. The summed E-state index contributed by atoms with van der Waals surface area (Å²) in [6, 6.07) is -1.14. The maximum absolute atomic E-state index is 11.8. The van der Waals surface area contributed by atoms with Crippen molar-refractivity contribution in [3.8, 4) is 0 Å². The molecule has 0 rings (SSSR count). The third-order valence-electron chi connectivity index (χ3n) is 1.61. The van der Waals surface area contributed by atoms with Crippen LogP contribution >= 0.6 is 0 Å². The molecule has 0 aromatic carbocycles. The molecule has 0 spiro atoms. The molecule has 1 amide bonds. The zero-order valence-corrected chi connectivity index (χ0v) is 8.11. The Bertz CT molecular complexity index is 230. The van der Waals surface area contributed by atoms with Gasteiger partial charge in [0.2, 0.25) is 0 Å². The quantitative estimate of drug-likeness (QED) is 0.699. The molecule has 0 unspecified atom stereocenters. The van der Waals surface area contributed by atoms with Gasteiger partial charge in [0.1, 0.15) is 6.29 Å². The molecule has 6 heteroatoms. The number of rotatable bonds is 2. The molecule has 1 atom stereocenters. The maximum atomic E-state index is 11.8. The first-order chi connectivity index (χ1) is 6.09. The number of nitrogens with one attached hydrogen (secondary N) is 1. The Labute approximate surface area is 79.7 Å². The predicted octanol–water partition coefficient (Wildman–Crippen LogP) is 1.28. The second kappa shape index (κ2) is 3.98. The minimum Gasteiger partial charge on any atom is -0.338 e. The number of halogens is 3. The number of carbonyl (C=O) groups excluding carboxylic acids is 2. The fraction of sp³-hybridized carbons (Fsp3) is 0.750. The second-order valence-electron chi connectivity index (χ2n) is 3.95. The highest BCUT2D eigenvalue weighted by molar-refractivity contribution is 5.84. The Hall–Kier alpha value is -1.07. The third kappa shape index (κ3) is 3.76. The van der Waals surface area contributed by atoms with Crippen LogP contribution in [0.1, 0.15) is 20.8 Å². The van der Waals surface area contributed by atoms with E-state index in [9.17, 15) is 22.8 Å². The third-order valence-corrected chi connectivity index (χ3v) is 1.61. The van der Waals surface area contributed by atoms with Gasteiger partial charge in [-0.1, -0.05) is 20.8 Å². The molecule has 0 heterocycles. The smallest absolute Gasteiger partial charge is 0.338 e. The first-order valence-electron chi connectivity index (χ1n) is 3.92. The lowest BCUT2D eigenvalue weighted by Gasteiger charge is -2.26. The molecule has 0 radical (unpaired) electrons. The van der Waals surface area contributed by atoms with Crippen molar-refractivity contribution in [2.75, 3.05) is 0 Å². The summed E-state index contributed by atoms with van der Waals surface area (Å²) in [5.74, 6) is -2.09. The molecule has 0 aromatic heterocycles. The van der Waals surface area contributed by atoms with Crippen molar-refractivity contribution in [3.63, 3.8) is 0 Å². The van der Waals surface area contributed by atoms with Crippen LogP contribution in [0.2, 0.25) is 0 Å². The van der Waals surface area contributed by atoms with Gasteiger partial charge in [0.05, 0.1) is 6.04 Å². The highest BCUT2D eigenvalue weighted by Crippen LogP contribution is 2.20. The lowest BCUT2D eigenvalue weighted by Crippen LogP contribution is -2.49. The Morgan fingerprint density at radius 1 is 1.29 bits per heavy atom. The van der Waals surface area contributed by atoms with Crippen LogP contribution in [0, 0.1) is 5.41 Å². The Morgan fingerprint density at radius 2 is 1.71 bits per heavy atom. The van der Waals surface area contributed by atoms with E-state index in [0.717, 1.165) is 0 Å². The van der Waals surface area contributed by atoms with Gasteiger partial charge in [0, 0.05) is 0 Å². The highest BCUT2D eigenvalue weighted by atomic mass is 19.4. The number of hydrogen-bond acceptors (Lipinski definition) is 2. The Balaban J connectivity index is 4.51. The molecule has 14 heavy (non-hydrogen) atoms. The van der Waals surface area contributed by atoms with Crippen LogP contribution in [0.5, 0.6) is 0 Å². The second-order valence-corrected chi connectivity index (χ2v) is 3.95. The minimum absolute atomic E-state index is 0.295. The van der Waals surface area contributed by atoms with Crippen molar-refractivity contribution < 1.29 is 22.8 Å². The fourth-order valence-corrected chi connectivity index (χ4v) is 0.678. The average molecular weight is 211 g/mol. The summed E-state index contributed by atoms with van der Waals surface area (Å²) >= 11 is 0. The molecule has 0 aliphatic carbocycles. The number of aldehydes is 1. The predicted molar refractivity (Wildman–Crippen MR) is 43.5 cm³/mol. The minimum atomic E-state index is -4.95. The van der Waals surface area contributed by atoms with Gasteiger partial charge < -0.3 is 10.1 Å². The van der Waals surface area contributed by atoms with Crippen LogP contribution in [-0.4, -0.2) is 24.4 Å². The number of alkyl halides is 3. The van der Waals surface area contributed by atoms with Gasteiger partial charge in [-0.3, -0.25) is 4.79 Å². The Morgan fingerprint density at radius 3 is 1.93 bits per heavy atom. The summed E-state index contributed by atoms with van der Waals surface area (Å²) < 4.78 is 35.4. The van der Waals surface area contributed by atoms with E-state index in [1.807, 2.05) is 0 Å². The standard InChI is InChI=1S/C8H12F3NO2/c1-7(2,3)5(4-13)12-6(14)8(9,10)11/h4-5H,1-3H3,(H,12,14)/t5-/m1/s1. The summed E-state index contributed by atoms with van der Waals surface area (Å²) in [5.41, 5.74) is -0.733. The van der Waals surface area contributed by atoms with E-state index in [2.05, 4.69) is 0 Å². The van der Waals surface area contributed by atoms with Gasteiger partial charge in [0.25, 0.3) is 0 Å². The van der Waals surface area contributed by atoms with Gasteiger partial charge in [-0.05, 0) is 5.41 Å². The van der Waals surface area contributed by atoms with Gasteiger partial charge in [-0.25, -0.2) is 0 Å². The van der Waals surface area contributed by atoms with Gasteiger partial charge >= 0.3 is 12.1 Å². The van der Waals surface area contributed by atoms with Gasteiger partial charge in [-0.15, -0.1) is 0 Å². The summed E-state index contributed by atoms with van der Waals surface area (Å²) in [7, 11) is 0. The zero-order chi connectivity index (χ0) is 11.6. The van der Waals surface area contributed by atoms with E-state index >= 15 is 0 Å². The van der Waals surface area contributed by atoms with Crippen molar-refractivity contribution >= 4 is 12.2 Å². The highest BCUT2D eigenvalue weighted by Gasteiger charge is 2.41. The molecular formula is C8H12F3NO2. The summed E-state index contributed by atoms with van der Waals surface area (Å²) in [6.07, 6.45) is -4.66. The molecule has 0 aromatic rings. The molecule has 3 nitrogen and oxygen atoms in total. The molecule has 0 saturated carbocycles. The molecule has 1 N–H and O–H groups in total. The fourth-order valence-electron chi connectivity index (χ4n) is 0.678. The summed E-state index contributed by atoms with van der Waals surface area (Å²) in [4.78, 5) is 20.9. The van der Waals surface area contributed by atoms with Crippen molar-refractivity contribution in [1.82, 2.24) is 5.32 Å². The number of hydrogen-bond donors (Lipinski definition) is 1. The summed E-state index contributed by atoms with van der Waals surface area (Å²) in [6.45, 7) is 4.67. The SMILES string of the molecule is CC(C)(C)[C@@H](C=O)NC(=O)C(F)(F)F. The zero-order valence-electron chi connectivity index (χ0n) is 8.11. The lowest BCUT2D eigenvalue weighted by atomic mass is 9.87. The number of amides is 1. The molecule has 0 aliphatic rings. The molecule has 0 saturated heterocycles. The lowest BCUT2D eigenvalue weighted by molar-refractivity contribution is -0.175. The largest absolute Gasteiger partial charge is 0.471 e. The van der Waals surface area contributed by atoms with E-state index in [1.54, 1.807) is 26.1 Å². The van der Waals surface area contributed by atoms with Crippen molar-refractivity contribution in [2.24, 2.45) is 5.41 Å². The van der Waals surface area contributed by atoms with Crippen LogP contribution in [0.15, 0.2) is 0 Å². The van der Waals surface area contributed by atoms with Crippen LogP contribution in [0.4, 0.5) is 13.2 Å². The molecule has 82 valence electrons. The van der Waals surface area contributed by atoms with E-state index in [0.29, 0.717) is 6.29 Å². The first-order valence-corrected chi connectivity index (χ1v) is 3.92. The van der Waals surface area contributed by atoms with E-state index < -0.39 is 23.5 Å². The molecular weight excluding hydrogens is 199 g/mol. The van der Waals surface area contributed by atoms with Crippen LogP contribution in [0.25, 0.3) is 0 Å². The monoisotopic (exact) mass is 211 g/mol. The summed E-state index contributed by atoms with van der Waals surface area (Å²) in [5, 5.41) is 1.61. The maximum Gasteiger partial charge on any atom is 0.471 e. The normalized spacial score (nSPS) is 14.7. The molecule has 0 bridgehead atoms. The van der Waals surface area contributed by atoms with E-state index in [4.69, 9.17) is 0 Å². The molecule has 0 fully saturated rings. The molecule has 0 aliphatic heterocycles. The van der Waals surface area contributed by atoms with E-state index in [1.165, 1.54) is 0 Å². The number of carbonyl (C=O) groups is 2. The van der Waals surface area contributed by atoms with E-state index in [-0.39, 0.29) is 0 Å². The first kappa shape index (κ1) is 12.9. The van der Waals surface area contributed by atoms with Crippen LogP contribution in [0.3, 0.4) is 0 Å². The van der Waals surface area contributed by atoms with Gasteiger partial charge in [0.15, 0.2) is 0 Å². The van der Waals surface area contributed by atoms with Crippen LogP contribution < -0.4 is 5.32 Å². The van der Waals surface area contributed by atoms with Crippen molar-refractivity contribution in [1.29, 1.82) is 0 Å². The van der Waals surface area contributed by atoms with Crippen LogP contribution in [-0.2, 0) is 9.59 Å². The van der Waals surface area contributed by atoms with Crippen molar-refractivity contribution in [3.05, 3.63) is 0 Å². The Kier molecular flexibility index (Phi) is 3.67. The van der Waals surface area contributed by atoms with Crippen molar-refractivity contribution in [2.45, 2.75) is 33.0 Å². The topological polar surface area (TPSA) is 46.2 Å².